The quantitative estimate of drug-likeness (QED) is 0.519. The van der Waals surface area contributed by atoms with E-state index in [1.807, 2.05) is 62.4 Å². The van der Waals surface area contributed by atoms with Gasteiger partial charge in [0, 0.05) is 13.1 Å². The Bertz CT molecular complexity index is 818. The number of hydrogen-bond acceptors (Lipinski definition) is 4. The Balaban J connectivity index is 2.16. The maximum absolute atomic E-state index is 13.1. The van der Waals surface area contributed by atoms with E-state index < -0.39 is 6.04 Å². The van der Waals surface area contributed by atoms with Gasteiger partial charge in [0.1, 0.15) is 17.5 Å². The molecule has 0 aromatic heterocycles. The van der Waals surface area contributed by atoms with E-state index in [1.54, 1.807) is 12.0 Å². The molecule has 0 aliphatic carbocycles. The number of amides is 2. The number of carbonyl (C=O) groups is 2. The molecule has 0 aliphatic rings. The fourth-order valence-electron chi connectivity index (χ4n) is 3.22. The highest BCUT2D eigenvalue weighted by atomic mass is 16.5. The third-order valence-corrected chi connectivity index (χ3v) is 5.11. The number of hydrogen-bond donors (Lipinski definition) is 1. The summed E-state index contributed by atoms with van der Waals surface area (Å²) in [6.45, 7) is 6.78. The van der Waals surface area contributed by atoms with Crippen LogP contribution in [0.2, 0.25) is 0 Å². The molecule has 0 spiro atoms. The zero-order chi connectivity index (χ0) is 22.6. The lowest BCUT2D eigenvalue weighted by Crippen LogP contribution is -2.50. The molecule has 6 nitrogen and oxygen atoms in total. The topological polar surface area (TPSA) is 67.9 Å². The SMILES string of the molecule is CCCCNC(=O)C(CC)N(Cc1ccc(OC)cc1)C(=O)COc1ccc(C)cc1. The third kappa shape index (κ3) is 7.63. The molecule has 0 radical (unpaired) electrons. The molecule has 1 unspecified atom stereocenters. The first-order chi connectivity index (χ1) is 15.0. The van der Waals surface area contributed by atoms with Crippen LogP contribution < -0.4 is 14.8 Å². The molecule has 2 aromatic rings. The Morgan fingerprint density at radius 2 is 1.65 bits per heavy atom. The highest BCUT2D eigenvalue weighted by Gasteiger charge is 2.28. The van der Waals surface area contributed by atoms with Crippen molar-refractivity contribution in [1.82, 2.24) is 10.2 Å². The molecule has 0 saturated carbocycles. The van der Waals surface area contributed by atoms with Crippen molar-refractivity contribution in [2.45, 2.75) is 52.6 Å². The second-order valence-electron chi connectivity index (χ2n) is 7.54. The Hall–Kier alpha value is -3.02. The van der Waals surface area contributed by atoms with Crippen LogP contribution in [0.1, 0.15) is 44.2 Å². The highest BCUT2D eigenvalue weighted by molar-refractivity contribution is 5.88. The summed E-state index contributed by atoms with van der Waals surface area (Å²) in [5.41, 5.74) is 2.04. The Labute approximate surface area is 185 Å². The van der Waals surface area contributed by atoms with E-state index in [0.717, 1.165) is 29.7 Å². The number of methoxy groups -OCH3 is 1. The van der Waals surface area contributed by atoms with Gasteiger partial charge in [-0.05, 0) is 49.6 Å². The summed E-state index contributed by atoms with van der Waals surface area (Å²) < 4.78 is 10.9. The number of nitrogens with one attached hydrogen (secondary N) is 1. The van der Waals surface area contributed by atoms with Gasteiger partial charge in [0.15, 0.2) is 6.61 Å². The number of carbonyl (C=O) groups excluding carboxylic acids is 2. The predicted octanol–water partition coefficient (Wildman–Crippen LogP) is 4.11. The largest absolute Gasteiger partial charge is 0.497 e. The van der Waals surface area contributed by atoms with Crippen LogP contribution in [-0.4, -0.2) is 43.0 Å². The van der Waals surface area contributed by atoms with Crippen LogP contribution in [0.15, 0.2) is 48.5 Å². The standard InChI is InChI=1S/C25H34N2O4/c1-5-7-16-26-25(29)23(6-2)27(17-20-10-14-21(30-4)15-11-20)24(28)18-31-22-12-8-19(3)9-13-22/h8-15,23H,5-7,16-18H2,1-4H3,(H,26,29). The number of rotatable bonds is 12. The van der Waals surface area contributed by atoms with Gasteiger partial charge in [0.2, 0.25) is 5.91 Å². The van der Waals surface area contributed by atoms with Crippen molar-refractivity contribution in [3.63, 3.8) is 0 Å². The average molecular weight is 427 g/mol. The molecular formula is C25H34N2O4. The fraction of sp³-hybridized carbons (Fsp3) is 0.440. The summed E-state index contributed by atoms with van der Waals surface area (Å²) in [5, 5.41) is 2.96. The van der Waals surface area contributed by atoms with Gasteiger partial charge in [-0.25, -0.2) is 0 Å². The van der Waals surface area contributed by atoms with Crippen molar-refractivity contribution < 1.29 is 19.1 Å². The number of aryl methyl sites for hydroxylation is 1. The Morgan fingerprint density at radius 3 is 2.23 bits per heavy atom. The predicted molar refractivity (Wildman–Crippen MR) is 122 cm³/mol. The molecule has 0 aliphatic heterocycles. The van der Waals surface area contributed by atoms with Crippen LogP contribution in [0.25, 0.3) is 0 Å². The van der Waals surface area contributed by atoms with E-state index in [2.05, 4.69) is 12.2 Å². The molecule has 6 heteroatoms. The lowest BCUT2D eigenvalue weighted by Gasteiger charge is -2.30. The van der Waals surface area contributed by atoms with Crippen LogP contribution in [0.3, 0.4) is 0 Å². The maximum Gasteiger partial charge on any atom is 0.261 e. The summed E-state index contributed by atoms with van der Waals surface area (Å²) in [5.74, 6) is 1.01. The van der Waals surface area contributed by atoms with Gasteiger partial charge in [-0.3, -0.25) is 9.59 Å². The second kappa shape index (κ2) is 12.6. The first-order valence-corrected chi connectivity index (χ1v) is 10.9. The van der Waals surface area contributed by atoms with Crippen molar-refractivity contribution in [3.05, 3.63) is 59.7 Å². The van der Waals surface area contributed by atoms with E-state index in [0.29, 0.717) is 25.3 Å². The molecular weight excluding hydrogens is 392 g/mol. The summed E-state index contributed by atoms with van der Waals surface area (Å²) >= 11 is 0. The van der Waals surface area contributed by atoms with Gasteiger partial charge in [-0.1, -0.05) is 50.1 Å². The summed E-state index contributed by atoms with van der Waals surface area (Å²) in [7, 11) is 1.61. The lowest BCUT2D eigenvalue weighted by atomic mass is 10.1. The minimum atomic E-state index is -0.562. The van der Waals surface area contributed by atoms with Crippen LogP contribution in [0.4, 0.5) is 0 Å². The van der Waals surface area contributed by atoms with E-state index in [9.17, 15) is 9.59 Å². The molecule has 0 heterocycles. The number of unbranched alkanes of at least 4 members (excludes halogenated alkanes) is 1. The van der Waals surface area contributed by atoms with Crippen LogP contribution >= 0.6 is 0 Å². The van der Waals surface area contributed by atoms with E-state index >= 15 is 0 Å². The number of benzene rings is 2. The van der Waals surface area contributed by atoms with Gasteiger partial charge in [-0.2, -0.15) is 0 Å². The van der Waals surface area contributed by atoms with Crippen molar-refractivity contribution in [2.24, 2.45) is 0 Å². The Kier molecular flexibility index (Phi) is 9.88. The zero-order valence-electron chi connectivity index (χ0n) is 19.0. The summed E-state index contributed by atoms with van der Waals surface area (Å²) in [6, 6.07) is 14.5. The van der Waals surface area contributed by atoms with Crippen molar-refractivity contribution >= 4 is 11.8 Å². The van der Waals surface area contributed by atoms with Gasteiger partial charge in [-0.15, -0.1) is 0 Å². The molecule has 31 heavy (non-hydrogen) atoms. The first kappa shape index (κ1) is 24.3. The fourth-order valence-corrected chi connectivity index (χ4v) is 3.22. The summed E-state index contributed by atoms with van der Waals surface area (Å²) in [6.07, 6.45) is 2.42. The monoisotopic (exact) mass is 426 g/mol. The summed E-state index contributed by atoms with van der Waals surface area (Å²) in [4.78, 5) is 27.6. The van der Waals surface area contributed by atoms with Crippen LogP contribution in [0.5, 0.6) is 11.5 Å². The maximum atomic E-state index is 13.1. The van der Waals surface area contributed by atoms with E-state index in [4.69, 9.17) is 9.47 Å². The highest BCUT2D eigenvalue weighted by Crippen LogP contribution is 2.17. The zero-order valence-corrected chi connectivity index (χ0v) is 19.0. The molecule has 2 aromatic carbocycles. The molecule has 2 amide bonds. The van der Waals surface area contributed by atoms with Crippen molar-refractivity contribution in [1.29, 1.82) is 0 Å². The first-order valence-electron chi connectivity index (χ1n) is 10.9. The minimum absolute atomic E-state index is 0.127. The smallest absolute Gasteiger partial charge is 0.261 e. The number of ether oxygens (including phenoxy) is 2. The molecule has 0 fully saturated rings. The number of nitrogens with zero attached hydrogens (tertiary/aromatic N) is 1. The second-order valence-corrected chi connectivity index (χ2v) is 7.54. The van der Waals surface area contributed by atoms with E-state index in [1.165, 1.54) is 0 Å². The third-order valence-electron chi connectivity index (χ3n) is 5.11. The van der Waals surface area contributed by atoms with Crippen molar-refractivity contribution in [3.8, 4) is 11.5 Å². The van der Waals surface area contributed by atoms with Gasteiger partial charge >= 0.3 is 0 Å². The molecule has 0 saturated heterocycles. The van der Waals surface area contributed by atoms with Gasteiger partial charge in [0.25, 0.3) is 5.91 Å². The van der Waals surface area contributed by atoms with Crippen molar-refractivity contribution in [2.75, 3.05) is 20.3 Å². The normalized spacial score (nSPS) is 11.5. The van der Waals surface area contributed by atoms with Gasteiger partial charge in [0.05, 0.1) is 7.11 Å². The van der Waals surface area contributed by atoms with Crippen LogP contribution in [0, 0.1) is 6.92 Å². The average Bonchev–Trinajstić information content (AvgIpc) is 2.79. The van der Waals surface area contributed by atoms with Gasteiger partial charge < -0.3 is 19.7 Å². The molecule has 168 valence electrons. The Morgan fingerprint density at radius 1 is 1.00 bits per heavy atom. The molecule has 1 N–H and O–H groups in total. The van der Waals surface area contributed by atoms with E-state index in [-0.39, 0.29) is 18.4 Å². The minimum Gasteiger partial charge on any atom is -0.497 e. The molecule has 2 rings (SSSR count). The molecule has 0 bridgehead atoms. The molecule has 1 atom stereocenters. The van der Waals surface area contributed by atoms with Crippen LogP contribution in [-0.2, 0) is 16.1 Å². The lowest BCUT2D eigenvalue weighted by molar-refractivity contribution is -0.143.